The first-order chi connectivity index (χ1) is 9.00. The number of carboxylic acids is 1. The van der Waals surface area contributed by atoms with E-state index in [0.717, 1.165) is 17.7 Å². The van der Waals surface area contributed by atoms with Crippen molar-refractivity contribution in [2.45, 2.75) is 43.0 Å². The first kappa shape index (κ1) is 14.0. The Kier molecular flexibility index (Phi) is 4.18. The molecule has 2 N–H and O–H groups in total. The lowest BCUT2D eigenvalue weighted by Gasteiger charge is -2.17. The minimum absolute atomic E-state index is 0.0408. The Morgan fingerprint density at radius 3 is 2.84 bits per heavy atom. The monoisotopic (exact) mass is 287 g/mol. The van der Waals surface area contributed by atoms with Crippen LogP contribution in [0.1, 0.15) is 25.7 Å². The third kappa shape index (κ3) is 2.94. The van der Waals surface area contributed by atoms with Crippen molar-refractivity contribution in [2.75, 3.05) is 5.75 Å². The van der Waals surface area contributed by atoms with E-state index in [4.69, 9.17) is 5.11 Å². The number of carboxylic acid groups (broad SMARTS) is 2. The number of carbonyl (C=O) groups is 3. The number of amides is 3. The number of thioether (sulfide) groups is 1. The summed E-state index contributed by atoms with van der Waals surface area (Å²) in [6, 6.07) is -1.01. The summed E-state index contributed by atoms with van der Waals surface area (Å²) in [5, 5.41) is 22.1. The highest BCUT2D eigenvalue weighted by molar-refractivity contribution is 8.00. The van der Waals surface area contributed by atoms with Crippen molar-refractivity contribution in [3.63, 3.8) is 0 Å². The molecule has 106 valence electrons. The van der Waals surface area contributed by atoms with Gasteiger partial charge in [0.25, 0.3) is 0 Å². The van der Waals surface area contributed by atoms with E-state index in [0.29, 0.717) is 12.2 Å². The second-order valence-electron chi connectivity index (χ2n) is 4.68. The van der Waals surface area contributed by atoms with E-state index in [9.17, 15) is 19.5 Å². The molecule has 0 radical (unpaired) electrons. The average Bonchev–Trinajstić information content (AvgIpc) is 2.82. The number of aliphatic carboxylic acids is 1. The van der Waals surface area contributed by atoms with Gasteiger partial charge in [-0.15, -0.1) is 0 Å². The maximum atomic E-state index is 11.5. The molecule has 0 spiro atoms. The molecular weight excluding hydrogens is 272 g/mol. The topological polar surface area (TPSA) is 110 Å². The normalized spacial score (nSPS) is 29.2. The predicted molar refractivity (Wildman–Crippen MR) is 65.7 cm³/mol. The van der Waals surface area contributed by atoms with Crippen LogP contribution in [0.15, 0.2) is 0 Å². The second-order valence-corrected chi connectivity index (χ2v) is 5.96. The van der Waals surface area contributed by atoms with Gasteiger partial charge in [0.1, 0.15) is 0 Å². The van der Waals surface area contributed by atoms with Crippen LogP contribution < -0.4 is 10.4 Å². The third-order valence-electron chi connectivity index (χ3n) is 3.46. The lowest BCUT2D eigenvalue weighted by molar-refractivity contribution is -0.305. The first-order valence-corrected chi connectivity index (χ1v) is 7.19. The number of urea groups is 1. The van der Waals surface area contributed by atoms with Crippen molar-refractivity contribution in [1.82, 2.24) is 10.2 Å². The minimum Gasteiger partial charge on any atom is -0.550 e. The standard InChI is InChI=1S/C11H16N2O5S/c14-8(15)4-2-1-3-7-9-6(5-19-7)13(11(17)18)10(16)12-9/h6-7,9H,1-5H2,(H,12,16)(H,14,15)(H,17,18)/p-1/t6-,7-,9-/m0/s1. The zero-order valence-corrected chi connectivity index (χ0v) is 11.0. The SMILES string of the molecule is O=C([O-])CCCC[C@@H]1SC[C@H]2[C@@H]1NC(=O)N2C(=O)O. The van der Waals surface area contributed by atoms with Crippen LogP contribution in [-0.2, 0) is 4.79 Å². The number of hydrogen-bond acceptors (Lipinski definition) is 5. The summed E-state index contributed by atoms with van der Waals surface area (Å²) >= 11 is 1.63. The average molecular weight is 287 g/mol. The van der Waals surface area contributed by atoms with Gasteiger partial charge in [0.15, 0.2) is 0 Å². The van der Waals surface area contributed by atoms with Crippen LogP contribution in [0.3, 0.4) is 0 Å². The molecule has 2 heterocycles. The van der Waals surface area contributed by atoms with E-state index in [1.54, 1.807) is 11.8 Å². The van der Waals surface area contributed by atoms with E-state index >= 15 is 0 Å². The minimum atomic E-state index is -1.22. The van der Waals surface area contributed by atoms with Gasteiger partial charge >= 0.3 is 12.1 Å². The van der Waals surface area contributed by atoms with E-state index in [-0.39, 0.29) is 23.8 Å². The van der Waals surface area contributed by atoms with Crippen molar-refractivity contribution in [2.24, 2.45) is 0 Å². The number of rotatable bonds is 5. The number of fused-ring (bicyclic) bond motifs is 1. The molecule has 3 amide bonds. The van der Waals surface area contributed by atoms with Gasteiger partial charge in [0.2, 0.25) is 0 Å². The van der Waals surface area contributed by atoms with E-state index in [1.807, 2.05) is 0 Å². The Morgan fingerprint density at radius 2 is 2.21 bits per heavy atom. The van der Waals surface area contributed by atoms with E-state index in [2.05, 4.69) is 5.32 Å². The lowest BCUT2D eigenvalue weighted by atomic mass is 10.0. The van der Waals surface area contributed by atoms with Crippen LogP contribution in [-0.4, -0.2) is 51.2 Å². The van der Waals surface area contributed by atoms with Crippen molar-refractivity contribution >= 4 is 29.9 Å². The number of carbonyl (C=O) groups excluding carboxylic acids is 2. The molecule has 2 rings (SSSR count). The Labute approximate surface area is 114 Å². The van der Waals surface area contributed by atoms with Crippen molar-refractivity contribution in [3.05, 3.63) is 0 Å². The Hall–Kier alpha value is -1.44. The van der Waals surface area contributed by atoms with Crippen LogP contribution in [0.2, 0.25) is 0 Å². The summed E-state index contributed by atoms with van der Waals surface area (Å²) in [6.07, 6.45) is 0.875. The smallest absolute Gasteiger partial charge is 0.415 e. The molecular formula is C11H15N2O5S-. The van der Waals surface area contributed by atoms with Gasteiger partial charge in [-0.2, -0.15) is 11.8 Å². The molecule has 2 aliphatic rings. The van der Waals surface area contributed by atoms with Crippen LogP contribution in [0.25, 0.3) is 0 Å². The molecule has 0 saturated carbocycles. The van der Waals surface area contributed by atoms with Gasteiger partial charge in [-0.1, -0.05) is 6.42 Å². The number of hydrogen-bond donors (Lipinski definition) is 2. The quantitative estimate of drug-likeness (QED) is 0.537. The molecule has 8 heteroatoms. The largest absolute Gasteiger partial charge is 0.550 e. The summed E-state index contributed by atoms with van der Waals surface area (Å²) in [7, 11) is 0. The maximum Gasteiger partial charge on any atom is 0.415 e. The predicted octanol–water partition coefficient (Wildman–Crippen LogP) is -0.147. The number of nitrogens with one attached hydrogen (secondary N) is 1. The van der Waals surface area contributed by atoms with Crippen LogP contribution in [0, 0.1) is 0 Å². The van der Waals surface area contributed by atoms with Gasteiger partial charge < -0.3 is 20.3 Å². The van der Waals surface area contributed by atoms with Crippen LogP contribution in [0.5, 0.6) is 0 Å². The van der Waals surface area contributed by atoms with Gasteiger partial charge in [0, 0.05) is 17.0 Å². The highest BCUT2D eigenvalue weighted by atomic mass is 32.2. The Bertz CT molecular complexity index is 403. The zero-order valence-electron chi connectivity index (χ0n) is 10.2. The van der Waals surface area contributed by atoms with E-state index < -0.39 is 18.1 Å². The molecule has 0 aliphatic carbocycles. The van der Waals surface area contributed by atoms with Gasteiger partial charge in [-0.25, -0.2) is 14.5 Å². The number of unbranched alkanes of at least 4 members (excludes halogenated alkanes) is 1. The van der Waals surface area contributed by atoms with Crippen molar-refractivity contribution in [1.29, 1.82) is 0 Å². The third-order valence-corrected chi connectivity index (χ3v) is 4.95. The molecule has 0 aromatic rings. The summed E-state index contributed by atoms with van der Waals surface area (Å²) in [4.78, 5) is 33.7. The molecule has 19 heavy (non-hydrogen) atoms. The lowest BCUT2D eigenvalue weighted by Crippen LogP contribution is -2.40. The van der Waals surface area contributed by atoms with Crippen LogP contribution >= 0.6 is 11.8 Å². The molecule has 2 fully saturated rings. The molecule has 0 aromatic heterocycles. The van der Waals surface area contributed by atoms with Gasteiger partial charge in [0.05, 0.1) is 12.1 Å². The second kappa shape index (κ2) is 5.68. The zero-order chi connectivity index (χ0) is 14.0. The Morgan fingerprint density at radius 1 is 1.47 bits per heavy atom. The summed E-state index contributed by atoms with van der Waals surface area (Å²) < 4.78 is 0. The first-order valence-electron chi connectivity index (χ1n) is 6.15. The fourth-order valence-corrected chi connectivity index (χ4v) is 4.16. The molecule has 0 unspecified atom stereocenters. The fourth-order valence-electron chi connectivity index (χ4n) is 2.57. The molecule has 0 bridgehead atoms. The molecule has 2 aliphatic heterocycles. The molecule has 7 nitrogen and oxygen atoms in total. The van der Waals surface area contributed by atoms with Crippen molar-refractivity contribution < 1.29 is 24.6 Å². The highest BCUT2D eigenvalue weighted by Gasteiger charge is 2.50. The summed E-state index contributed by atoms with van der Waals surface area (Å²) in [5.74, 6) is -0.455. The maximum absolute atomic E-state index is 11.5. The van der Waals surface area contributed by atoms with E-state index in [1.165, 1.54) is 0 Å². The van der Waals surface area contributed by atoms with Crippen LogP contribution in [0.4, 0.5) is 9.59 Å². The van der Waals surface area contributed by atoms with Gasteiger partial charge in [-0.05, 0) is 19.3 Å². The van der Waals surface area contributed by atoms with Crippen molar-refractivity contribution in [3.8, 4) is 0 Å². The molecule has 0 aromatic carbocycles. The van der Waals surface area contributed by atoms with Gasteiger partial charge in [-0.3, -0.25) is 0 Å². The summed E-state index contributed by atoms with van der Waals surface area (Å²) in [5.41, 5.74) is 0. The molecule has 3 atom stereocenters. The fraction of sp³-hybridized carbons (Fsp3) is 0.727. The highest BCUT2D eigenvalue weighted by Crippen LogP contribution is 2.36. The summed E-state index contributed by atoms with van der Waals surface area (Å²) in [6.45, 7) is 0. The Balaban J connectivity index is 1.85. The molecule has 2 saturated heterocycles. The number of nitrogens with zero attached hydrogens (tertiary/aromatic N) is 1. The number of imide groups is 1.